The fourth-order valence-electron chi connectivity index (χ4n) is 3.76. The first-order valence-electron chi connectivity index (χ1n) is 9.44. The molecule has 0 fully saturated rings. The van der Waals surface area contributed by atoms with Crippen LogP contribution >= 0.6 is 0 Å². The third-order valence-corrected chi connectivity index (χ3v) is 4.96. The first-order valence-corrected chi connectivity index (χ1v) is 9.44. The van der Waals surface area contributed by atoms with Crippen molar-refractivity contribution >= 4 is 33.9 Å². The second kappa shape index (κ2) is 7.67. The number of benzene rings is 4. The molecule has 0 aliphatic carbocycles. The van der Waals surface area contributed by atoms with Gasteiger partial charge in [-0.2, -0.15) is 4.79 Å². The predicted octanol–water partition coefficient (Wildman–Crippen LogP) is 6.97. The standard InChI is InChI=1S/C25H22NO2/c1-2-28-25(27)26(21-14-5-3-6-15-21,22-16-7-4-8-17-22)24-19-11-13-20-12-9-10-18-23(20)24/h3-19H,2H2,1H3/q+1. The van der Waals surface area contributed by atoms with E-state index in [0.717, 1.165) is 27.8 Å². The summed E-state index contributed by atoms with van der Waals surface area (Å²) >= 11 is 0. The molecule has 1 amide bonds. The number of nitrogens with zero attached hydrogens (tertiary/aromatic N) is 1. The van der Waals surface area contributed by atoms with Gasteiger partial charge < -0.3 is 4.74 Å². The van der Waals surface area contributed by atoms with Crippen LogP contribution in [0.2, 0.25) is 0 Å². The van der Waals surface area contributed by atoms with Crippen molar-refractivity contribution in [2.45, 2.75) is 6.92 Å². The van der Waals surface area contributed by atoms with E-state index in [1.54, 1.807) is 0 Å². The van der Waals surface area contributed by atoms with Gasteiger partial charge in [-0.15, -0.1) is 4.48 Å². The highest BCUT2D eigenvalue weighted by Gasteiger charge is 2.47. The van der Waals surface area contributed by atoms with Crippen molar-refractivity contribution in [3.63, 3.8) is 0 Å². The summed E-state index contributed by atoms with van der Waals surface area (Å²) in [5.41, 5.74) is 2.54. The molecule has 4 rings (SSSR count). The highest BCUT2D eigenvalue weighted by Crippen LogP contribution is 2.47. The van der Waals surface area contributed by atoms with Gasteiger partial charge in [-0.3, -0.25) is 0 Å². The maximum Gasteiger partial charge on any atom is 0.531 e. The Hall–Kier alpha value is -3.43. The Kier molecular flexibility index (Phi) is 4.92. The molecule has 0 radical (unpaired) electrons. The molecule has 0 saturated heterocycles. The topological polar surface area (TPSA) is 26.3 Å². The van der Waals surface area contributed by atoms with Gasteiger partial charge in [0, 0.05) is 35.7 Å². The number of quaternary nitrogens is 1. The second-order valence-corrected chi connectivity index (χ2v) is 6.54. The van der Waals surface area contributed by atoms with Crippen LogP contribution in [-0.2, 0) is 4.74 Å². The van der Waals surface area contributed by atoms with Crippen LogP contribution in [0, 0.1) is 0 Å². The Morgan fingerprint density at radius 3 is 1.86 bits per heavy atom. The summed E-state index contributed by atoms with van der Waals surface area (Å²) in [6.45, 7) is 2.15. The molecule has 3 nitrogen and oxygen atoms in total. The summed E-state index contributed by atoms with van der Waals surface area (Å²) in [6, 6.07) is 33.8. The van der Waals surface area contributed by atoms with Gasteiger partial charge in [0.25, 0.3) is 0 Å². The molecule has 28 heavy (non-hydrogen) atoms. The summed E-state index contributed by atoms with van der Waals surface area (Å²) in [4.78, 5) is 13.7. The lowest BCUT2D eigenvalue weighted by atomic mass is 10.0. The maximum absolute atomic E-state index is 13.7. The van der Waals surface area contributed by atoms with Gasteiger partial charge in [0.05, 0.1) is 6.61 Å². The zero-order valence-electron chi connectivity index (χ0n) is 15.8. The molecule has 0 heterocycles. The molecule has 0 aromatic heterocycles. The minimum absolute atomic E-state index is 0.128. The van der Waals surface area contributed by atoms with E-state index >= 15 is 0 Å². The van der Waals surface area contributed by atoms with Crippen molar-refractivity contribution in [2.24, 2.45) is 0 Å². The van der Waals surface area contributed by atoms with Crippen LogP contribution in [0.15, 0.2) is 103 Å². The third-order valence-electron chi connectivity index (χ3n) is 4.96. The highest BCUT2D eigenvalue weighted by molar-refractivity contribution is 6.06. The van der Waals surface area contributed by atoms with Gasteiger partial charge in [-0.25, -0.2) is 0 Å². The Balaban J connectivity index is 2.15. The average molecular weight is 368 g/mol. The number of hydrogen-bond donors (Lipinski definition) is 0. The van der Waals surface area contributed by atoms with Crippen LogP contribution in [0.5, 0.6) is 0 Å². The van der Waals surface area contributed by atoms with Crippen molar-refractivity contribution in [3.05, 3.63) is 103 Å². The second-order valence-electron chi connectivity index (χ2n) is 6.54. The van der Waals surface area contributed by atoms with Crippen LogP contribution in [0.4, 0.5) is 21.9 Å². The Labute approximate surface area is 165 Å². The van der Waals surface area contributed by atoms with E-state index in [1.807, 2.05) is 91.9 Å². The number of carbonyl (C=O) groups excluding carboxylic acids is 1. The fourth-order valence-corrected chi connectivity index (χ4v) is 3.76. The molecule has 4 aromatic carbocycles. The number of amides is 1. The predicted molar refractivity (Wildman–Crippen MR) is 115 cm³/mol. The lowest BCUT2D eigenvalue weighted by molar-refractivity contribution is 0.136. The summed E-state index contributed by atoms with van der Waals surface area (Å²) in [7, 11) is 0. The largest absolute Gasteiger partial charge is 0.531 e. The first kappa shape index (κ1) is 18.0. The smallest absolute Gasteiger partial charge is 0.419 e. The van der Waals surface area contributed by atoms with Crippen LogP contribution < -0.4 is 4.48 Å². The molecule has 0 saturated carbocycles. The molecule has 0 aliphatic heterocycles. The molecular formula is C25H22NO2+. The van der Waals surface area contributed by atoms with Crippen LogP contribution in [-0.4, -0.2) is 12.7 Å². The van der Waals surface area contributed by atoms with Gasteiger partial charge in [0.1, 0.15) is 0 Å². The summed E-state index contributed by atoms with van der Waals surface area (Å²) < 4.78 is 5.52. The van der Waals surface area contributed by atoms with E-state index in [4.69, 9.17) is 4.74 Å². The van der Waals surface area contributed by atoms with E-state index in [1.165, 1.54) is 0 Å². The zero-order valence-corrected chi connectivity index (χ0v) is 15.8. The lowest BCUT2D eigenvalue weighted by Gasteiger charge is -2.33. The van der Waals surface area contributed by atoms with Gasteiger partial charge >= 0.3 is 6.09 Å². The number of rotatable bonds is 4. The quantitative estimate of drug-likeness (QED) is 0.364. The molecule has 0 spiro atoms. The Morgan fingerprint density at radius 2 is 1.25 bits per heavy atom. The molecular weight excluding hydrogens is 346 g/mol. The fraction of sp³-hybridized carbons (Fsp3) is 0.0800. The molecule has 3 heteroatoms. The number of ether oxygens (including phenoxy) is 1. The van der Waals surface area contributed by atoms with Crippen LogP contribution in [0.1, 0.15) is 6.92 Å². The number of carbonyl (C=O) groups is 1. The SMILES string of the molecule is CCOC(=O)[N+](c1ccccc1)(c1ccccc1)c1cccc2ccccc12. The number of fused-ring (bicyclic) bond motifs is 1. The third kappa shape index (κ3) is 2.86. The molecule has 138 valence electrons. The molecule has 0 atom stereocenters. The highest BCUT2D eigenvalue weighted by atomic mass is 16.6. The van der Waals surface area contributed by atoms with Crippen molar-refractivity contribution < 1.29 is 9.53 Å². The summed E-state index contributed by atoms with van der Waals surface area (Å²) in [6.07, 6.45) is -0.323. The summed E-state index contributed by atoms with van der Waals surface area (Å²) in [5.74, 6) is 0. The molecule has 0 bridgehead atoms. The van der Waals surface area contributed by atoms with Gasteiger partial charge in [0.15, 0.2) is 17.1 Å². The molecule has 0 aliphatic rings. The Bertz CT molecular complexity index is 1050. The number of hydrogen-bond acceptors (Lipinski definition) is 2. The van der Waals surface area contributed by atoms with Gasteiger partial charge in [-0.05, 0) is 18.4 Å². The molecule has 4 aromatic rings. The first-order chi connectivity index (χ1) is 13.8. The van der Waals surface area contributed by atoms with Crippen LogP contribution in [0.3, 0.4) is 0 Å². The van der Waals surface area contributed by atoms with E-state index in [9.17, 15) is 4.79 Å². The normalized spacial score (nSPS) is 11.3. The van der Waals surface area contributed by atoms with Crippen molar-refractivity contribution in [3.8, 4) is 0 Å². The summed E-state index contributed by atoms with van der Waals surface area (Å²) in [5, 5.41) is 2.10. The molecule has 0 N–H and O–H groups in total. The molecule has 0 unspecified atom stereocenters. The monoisotopic (exact) mass is 368 g/mol. The van der Waals surface area contributed by atoms with Gasteiger partial charge in [0.2, 0.25) is 0 Å². The van der Waals surface area contributed by atoms with Crippen molar-refractivity contribution in [1.82, 2.24) is 4.48 Å². The Morgan fingerprint density at radius 1 is 0.714 bits per heavy atom. The van der Waals surface area contributed by atoms with Crippen molar-refractivity contribution in [2.75, 3.05) is 6.61 Å². The van der Waals surface area contributed by atoms with Crippen LogP contribution in [0.25, 0.3) is 10.8 Å². The minimum atomic E-state index is -0.323. The average Bonchev–Trinajstić information content (AvgIpc) is 2.76. The lowest BCUT2D eigenvalue weighted by Crippen LogP contribution is -2.45. The van der Waals surface area contributed by atoms with Gasteiger partial charge in [-0.1, -0.05) is 66.7 Å². The van der Waals surface area contributed by atoms with E-state index in [-0.39, 0.29) is 10.6 Å². The van der Waals surface area contributed by atoms with E-state index in [2.05, 4.69) is 18.2 Å². The van der Waals surface area contributed by atoms with E-state index in [0.29, 0.717) is 6.61 Å². The maximum atomic E-state index is 13.7. The number of para-hydroxylation sites is 2. The minimum Gasteiger partial charge on any atom is -0.419 e. The zero-order chi connectivity index (χ0) is 19.4. The van der Waals surface area contributed by atoms with Crippen molar-refractivity contribution in [1.29, 1.82) is 0 Å². The van der Waals surface area contributed by atoms with E-state index < -0.39 is 0 Å².